The first-order chi connectivity index (χ1) is 12.5. The van der Waals surface area contributed by atoms with Crippen molar-refractivity contribution >= 4 is 40.4 Å². The number of amides is 2. The second-order valence-electron chi connectivity index (χ2n) is 6.25. The number of anilines is 2. The van der Waals surface area contributed by atoms with Gasteiger partial charge in [-0.05, 0) is 54.1 Å². The standard InChI is InChI=1S/C20H21N3O2S/c1-14-6-4-5-7-17(14)21-13-23-19(24)18(26-20(23)25)12-15-8-10-16(11-9-15)22(2)3/h4-12,21H,13H2,1-3H3/b18-12-. The largest absolute Gasteiger partial charge is 0.378 e. The molecular formula is C20H21N3O2S. The predicted molar refractivity (Wildman–Crippen MR) is 108 cm³/mol. The second-order valence-corrected chi connectivity index (χ2v) is 7.24. The maximum absolute atomic E-state index is 12.6. The maximum atomic E-state index is 12.6. The Morgan fingerprint density at radius 3 is 2.42 bits per heavy atom. The highest BCUT2D eigenvalue weighted by Crippen LogP contribution is 2.32. The Hall–Kier alpha value is -2.73. The fourth-order valence-corrected chi connectivity index (χ4v) is 3.43. The van der Waals surface area contributed by atoms with Crippen LogP contribution in [0.3, 0.4) is 0 Å². The smallest absolute Gasteiger partial charge is 0.295 e. The van der Waals surface area contributed by atoms with Gasteiger partial charge in [0.1, 0.15) is 0 Å². The predicted octanol–water partition coefficient (Wildman–Crippen LogP) is 4.17. The number of thioether (sulfide) groups is 1. The minimum absolute atomic E-state index is 0.159. The van der Waals surface area contributed by atoms with Gasteiger partial charge in [-0.3, -0.25) is 14.5 Å². The van der Waals surface area contributed by atoms with Crippen molar-refractivity contribution in [2.75, 3.05) is 31.0 Å². The third-order valence-corrected chi connectivity index (χ3v) is 5.06. The molecule has 1 aliphatic rings. The average Bonchev–Trinajstić information content (AvgIpc) is 2.88. The van der Waals surface area contributed by atoms with Crippen LogP contribution in [-0.2, 0) is 4.79 Å². The number of imide groups is 1. The molecule has 3 rings (SSSR count). The van der Waals surface area contributed by atoms with Crippen LogP contribution < -0.4 is 10.2 Å². The number of carbonyl (C=O) groups excluding carboxylic acids is 2. The third-order valence-electron chi connectivity index (χ3n) is 4.15. The molecule has 2 amide bonds. The molecule has 26 heavy (non-hydrogen) atoms. The molecule has 0 unspecified atom stereocenters. The first-order valence-corrected chi connectivity index (χ1v) is 9.09. The molecule has 134 valence electrons. The van der Waals surface area contributed by atoms with Gasteiger partial charge in [0, 0.05) is 25.5 Å². The zero-order valence-electron chi connectivity index (χ0n) is 15.0. The highest BCUT2D eigenvalue weighted by Gasteiger charge is 2.34. The number of hydrogen-bond donors (Lipinski definition) is 1. The van der Waals surface area contributed by atoms with Gasteiger partial charge in [0.25, 0.3) is 11.1 Å². The molecule has 1 fully saturated rings. The van der Waals surface area contributed by atoms with E-state index in [4.69, 9.17) is 0 Å². The van der Waals surface area contributed by atoms with Gasteiger partial charge in [-0.25, -0.2) is 0 Å². The molecule has 1 heterocycles. The van der Waals surface area contributed by atoms with Crippen LogP contribution in [0.1, 0.15) is 11.1 Å². The quantitative estimate of drug-likeness (QED) is 0.804. The number of para-hydroxylation sites is 1. The van der Waals surface area contributed by atoms with Crippen molar-refractivity contribution in [2.24, 2.45) is 0 Å². The number of aryl methyl sites for hydroxylation is 1. The summed E-state index contributed by atoms with van der Waals surface area (Å²) < 4.78 is 0. The van der Waals surface area contributed by atoms with Gasteiger partial charge in [-0.2, -0.15) is 0 Å². The number of nitrogens with zero attached hydrogens (tertiary/aromatic N) is 2. The Labute approximate surface area is 157 Å². The SMILES string of the molecule is Cc1ccccc1NCN1C(=O)S/C(=C\c2ccc(N(C)C)cc2)C1=O. The average molecular weight is 367 g/mol. The molecule has 0 aliphatic carbocycles. The second kappa shape index (κ2) is 7.66. The molecule has 2 aromatic rings. The van der Waals surface area contributed by atoms with Crippen molar-refractivity contribution in [3.63, 3.8) is 0 Å². The molecule has 0 spiro atoms. The van der Waals surface area contributed by atoms with E-state index in [0.29, 0.717) is 4.91 Å². The molecule has 0 atom stereocenters. The summed E-state index contributed by atoms with van der Waals surface area (Å²) in [7, 11) is 3.95. The van der Waals surface area contributed by atoms with Crippen molar-refractivity contribution in [3.8, 4) is 0 Å². The molecule has 1 aliphatic heterocycles. The summed E-state index contributed by atoms with van der Waals surface area (Å²) in [6.07, 6.45) is 1.76. The van der Waals surface area contributed by atoms with Crippen LogP contribution in [-0.4, -0.2) is 36.8 Å². The lowest BCUT2D eigenvalue weighted by atomic mass is 10.2. The normalized spacial score (nSPS) is 15.7. The molecule has 0 aromatic heterocycles. The van der Waals surface area contributed by atoms with Gasteiger partial charge in [-0.1, -0.05) is 30.3 Å². The monoisotopic (exact) mass is 367 g/mol. The summed E-state index contributed by atoms with van der Waals surface area (Å²) in [5.74, 6) is -0.266. The van der Waals surface area contributed by atoms with Crippen molar-refractivity contribution in [1.82, 2.24) is 4.90 Å². The fourth-order valence-electron chi connectivity index (χ4n) is 2.59. The van der Waals surface area contributed by atoms with Crippen LogP contribution >= 0.6 is 11.8 Å². The van der Waals surface area contributed by atoms with E-state index in [1.807, 2.05) is 74.4 Å². The zero-order valence-corrected chi connectivity index (χ0v) is 15.8. The summed E-state index contributed by atoms with van der Waals surface area (Å²) in [4.78, 5) is 28.5. The Morgan fingerprint density at radius 1 is 1.08 bits per heavy atom. The van der Waals surface area contributed by atoms with E-state index in [-0.39, 0.29) is 17.8 Å². The lowest BCUT2D eigenvalue weighted by Crippen LogP contribution is -2.33. The van der Waals surface area contributed by atoms with Crippen molar-refractivity contribution < 1.29 is 9.59 Å². The van der Waals surface area contributed by atoms with Crippen molar-refractivity contribution in [1.29, 1.82) is 0 Å². The van der Waals surface area contributed by atoms with Crippen LogP contribution in [0.15, 0.2) is 53.4 Å². The van der Waals surface area contributed by atoms with Crippen LogP contribution in [0.4, 0.5) is 16.2 Å². The summed E-state index contributed by atoms with van der Waals surface area (Å²) in [5, 5.41) is 2.90. The van der Waals surface area contributed by atoms with E-state index in [9.17, 15) is 9.59 Å². The van der Waals surface area contributed by atoms with Crippen LogP contribution in [0.25, 0.3) is 6.08 Å². The minimum atomic E-state index is -0.266. The van der Waals surface area contributed by atoms with Crippen LogP contribution in [0.2, 0.25) is 0 Å². The molecule has 6 heteroatoms. The highest BCUT2D eigenvalue weighted by molar-refractivity contribution is 8.18. The molecule has 2 aromatic carbocycles. The third kappa shape index (κ3) is 3.91. The van der Waals surface area contributed by atoms with Crippen LogP contribution in [0, 0.1) is 6.92 Å². The molecule has 5 nitrogen and oxygen atoms in total. The number of nitrogens with one attached hydrogen (secondary N) is 1. The number of rotatable bonds is 5. The molecule has 0 radical (unpaired) electrons. The van der Waals surface area contributed by atoms with Crippen molar-refractivity contribution in [3.05, 3.63) is 64.6 Å². The van der Waals surface area contributed by atoms with E-state index in [2.05, 4.69) is 5.32 Å². The van der Waals surface area contributed by atoms with Gasteiger partial charge in [-0.15, -0.1) is 0 Å². The minimum Gasteiger partial charge on any atom is -0.378 e. The topological polar surface area (TPSA) is 52.7 Å². The van der Waals surface area contributed by atoms with Crippen LogP contribution in [0.5, 0.6) is 0 Å². The van der Waals surface area contributed by atoms with Gasteiger partial charge in [0.15, 0.2) is 0 Å². The number of benzene rings is 2. The Balaban J connectivity index is 1.71. The zero-order chi connectivity index (χ0) is 18.7. The Bertz CT molecular complexity index is 860. The fraction of sp³-hybridized carbons (Fsp3) is 0.200. The number of hydrogen-bond acceptors (Lipinski definition) is 5. The first-order valence-electron chi connectivity index (χ1n) is 8.28. The van der Waals surface area contributed by atoms with Crippen molar-refractivity contribution in [2.45, 2.75) is 6.92 Å². The molecule has 0 saturated carbocycles. The molecule has 0 bridgehead atoms. The van der Waals surface area contributed by atoms with E-state index in [0.717, 1.165) is 34.3 Å². The summed E-state index contributed by atoms with van der Waals surface area (Å²) in [6, 6.07) is 15.6. The maximum Gasteiger partial charge on any atom is 0.295 e. The van der Waals surface area contributed by atoms with E-state index in [1.165, 1.54) is 4.90 Å². The molecule has 1 N–H and O–H groups in total. The summed E-state index contributed by atoms with van der Waals surface area (Å²) in [5.41, 5.74) is 3.96. The van der Waals surface area contributed by atoms with Gasteiger partial charge >= 0.3 is 0 Å². The van der Waals surface area contributed by atoms with Gasteiger partial charge < -0.3 is 10.2 Å². The first kappa shape index (κ1) is 18.1. The lowest BCUT2D eigenvalue weighted by molar-refractivity contribution is -0.122. The molecular weight excluding hydrogens is 346 g/mol. The molecule has 1 saturated heterocycles. The van der Waals surface area contributed by atoms with Gasteiger partial charge in [0.2, 0.25) is 0 Å². The summed E-state index contributed by atoms with van der Waals surface area (Å²) in [6.45, 7) is 2.14. The highest BCUT2D eigenvalue weighted by atomic mass is 32.2. The van der Waals surface area contributed by atoms with E-state index < -0.39 is 0 Å². The van der Waals surface area contributed by atoms with E-state index >= 15 is 0 Å². The Morgan fingerprint density at radius 2 is 1.77 bits per heavy atom. The van der Waals surface area contributed by atoms with E-state index in [1.54, 1.807) is 6.08 Å². The lowest BCUT2D eigenvalue weighted by Gasteiger charge is -2.15. The summed E-state index contributed by atoms with van der Waals surface area (Å²) >= 11 is 0.975. The van der Waals surface area contributed by atoms with Gasteiger partial charge in [0.05, 0.1) is 11.6 Å². The number of carbonyl (C=O) groups is 2. The Kier molecular flexibility index (Phi) is 5.32.